The summed E-state index contributed by atoms with van der Waals surface area (Å²) in [5, 5.41) is 4.19. The summed E-state index contributed by atoms with van der Waals surface area (Å²) < 4.78 is 0. The zero-order valence-electron chi connectivity index (χ0n) is 20.6. The molecule has 5 rings (SSSR count). The van der Waals surface area contributed by atoms with E-state index in [-0.39, 0.29) is 5.78 Å². The Balaban J connectivity index is 0.000000173. The Bertz CT molecular complexity index is 1250. The molecule has 0 fully saturated rings. The fourth-order valence-electron chi connectivity index (χ4n) is 3.72. The minimum absolute atomic E-state index is 0.0114. The summed E-state index contributed by atoms with van der Waals surface area (Å²) in [7, 11) is -0.446. The highest BCUT2D eigenvalue weighted by Crippen LogP contribution is 2.32. The number of carbonyl (C=O) groups excluding carboxylic acids is 1. The van der Waals surface area contributed by atoms with E-state index in [1.807, 2.05) is 72.8 Å². The average Bonchev–Trinajstić information content (AvgIpc) is 2.98. The van der Waals surface area contributed by atoms with Crippen LogP contribution in [0.25, 0.3) is 12.2 Å². The van der Waals surface area contributed by atoms with Crippen molar-refractivity contribution in [1.29, 1.82) is 0 Å². The van der Waals surface area contributed by atoms with Crippen LogP contribution in [0.4, 0.5) is 0 Å². The van der Waals surface area contributed by atoms with Crippen LogP contribution in [-0.2, 0) is 4.79 Å². The smallest absolute Gasteiger partial charge is 0.178 e. The van der Waals surface area contributed by atoms with E-state index in [4.69, 9.17) is 0 Å². The molecule has 0 saturated carbocycles. The zero-order valence-corrected chi connectivity index (χ0v) is 21.5. The quantitative estimate of drug-likeness (QED) is 0.169. The van der Waals surface area contributed by atoms with Gasteiger partial charge < -0.3 is 0 Å². The molecular formula is C35H29OP. The van der Waals surface area contributed by atoms with Gasteiger partial charge in [0.2, 0.25) is 0 Å². The lowest BCUT2D eigenvalue weighted by atomic mass is 10.1. The van der Waals surface area contributed by atoms with Gasteiger partial charge in [-0.3, -0.25) is 4.79 Å². The highest BCUT2D eigenvalue weighted by Gasteiger charge is 2.14. The van der Waals surface area contributed by atoms with Gasteiger partial charge in [0.15, 0.2) is 5.78 Å². The minimum atomic E-state index is -0.446. The summed E-state index contributed by atoms with van der Waals surface area (Å²) in [6.45, 7) is 0. The molecule has 0 aliphatic rings. The first-order valence-electron chi connectivity index (χ1n) is 12.2. The van der Waals surface area contributed by atoms with Crippen molar-refractivity contribution >= 4 is 41.8 Å². The standard InChI is InChI=1S/C18H15P.C17H14O/c1-4-10-16(11-5-1)19(17-12-6-2-7-13-17)18-14-8-3-9-15-18;18-17(13-11-15-7-3-1-4-8-15)14-12-16-9-5-2-6-10-16/h1-15H;1-14H/b;13-11-,14-12+. The second-order valence-corrected chi connectivity index (χ2v) is 10.5. The van der Waals surface area contributed by atoms with Crippen LogP contribution in [0, 0.1) is 0 Å². The van der Waals surface area contributed by atoms with E-state index >= 15 is 0 Å². The molecule has 2 heteroatoms. The zero-order chi connectivity index (χ0) is 25.5. The van der Waals surface area contributed by atoms with Crippen LogP contribution < -0.4 is 15.9 Å². The largest absolute Gasteiger partial charge is 0.290 e. The van der Waals surface area contributed by atoms with E-state index in [1.54, 1.807) is 12.2 Å². The molecule has 1 nitrogen and oxygen atoms in total. The highest BCUT2D eigenvalue weighted by molar-refractivity contribution is 7.79. The first-order valence-corrected chi connectivity index (χ1v) is 13.6. The predicted octanol–water partition coefficient (Wildman–Crippen LogP) is 7.43. The van der Waals surface area contributed by atoms with Gasteiger partial charge in [0.05, 0.1) is 0 Å². The maximum Gasteiger partial charge on any atom is 0.178 e. The van der Waals surface area contributed by atoms with Gasteiger partial charge in [-0.2, -0.15) is 0 Å². The molecule has 0 radical (unpaired) electrons. The van der Waals surface area contributed by atoms with Crippen molar-refractivity contribution in [3.8, 4) is 0 Å². The van der Waals surface area contributed by atoms with Crippen molar-refractivity contribution in [2.24, 2.45) is 0 Å². The van der Waals surface area contributed by atoms with Crippen molar-refractivity contribution in [2.45, 2.75) is 0 Å². The number of hydrogen-bond acceptors (Lipinski definition) is 1. The summed E-state index contributed by atoms with van der Waals surface area (Å²) >= 11 is 0. The monoisotopic (exact) mass is 496 g/mol. The number of rotatable bonds is 7. The lowest BCUT2D eigenvalue weighted by Crippen LogP contribution is -2.20. The van der Waals surface area contributed by atoms with Crippen molar-refractivity contribution in [3.63, 3.8) is 0 Å². The Hall–Kier alpha value is -4.32. The first kappa shape index (κ1) is 25.8. The fourth-order valence-corrected chi connectivity index (χ4v) is 6.02. The number of hydrogen-bond donors (Lipinski definition) is 0. The SMILES string of the molecule is O=C(/C=C\c1ccccc1)/C=C/c1ccccc1.c1ccc(P(c2ccccc2)c2ccccc2)cc1. The molecule has 5 aromatic rings. The second-order valence-electron chi connectivity index (χ2n) is 8.23. The van der Waals surface area contributed by atoms with E-state index in [2.05, 4.69) is 91.0 Å². The van der Waals surface area contributed by atoms with Gasteiger partial charge in [-0.1, -0.05) is 164 Å². The van der Waals surface area contributed by atoms with Crippen LogP contribution in [0.1, 0.15) is 11.1 Å². The lowest BCUT2D eigenvalue weighted by Gasteiger charge is -2.18. The van der Waals surface area contributed by atoms with E-state index in [0.29, 0.717) is 0 Å². The molecule has 0 atom stereocenters. The summed E-state index contributed by atoms with van der Waals surface area (Å²) in [5.74, 6) is -0.0114. The Morgan fingerprint density at radius 1 is 0.405 bits per heavy atom. The molecule has 0 aromatic heterocycles. The third-order valence-corrected chi connectivity index (χ3v) is 7.97. The van der Waals surface area contributed by atoms with Gasteiger partial charge >= 0.3 is 0 Å². The topological polar surface area (TPSA) is 17.1 Å². The molecule has 0 heterocycles. The third kappa shape index (κ3) is 8.39. The maximum atomic E-state index is 11.6. The van der Waals surface area contributed by atoms with Crippen LogP contribution >= 0.6 is 7.92 Å². The van der Waals surface area contributed by atoms with Gasteiger partial charge in [0, 0.05) is 0 Å². The van der Waals surface area contributed by atoms with Gasteiger partial charge in [-0.05, 0) is 47.1 Å². The number of benzene rings is 5. The number of allylic oxidation sites excluding steroid dienone is 2. The van der Waals surface area contributed by atoms with Crippen molar-refractivity contribution in [2.75, 3.05) is 0 Å². The minimum Gasteiger partial charge on any atom is -0.290 e. The number of carbonyl (C=O) groups is 1. The molecule has 0 aliphatic carbocycles. The van der Waals surface area contributed by atoms with Crippen LogP contribution in [0.5, 0.6) is 0 Å². The molecule has 0 unspecified atom stereocenters. The van der Waals surface area contributed by atoms with Crippen molar-refractivity contribution in [3.05, 3.63) is 175 Å². The highest BCUT2D eigenvalue weighted by atomic mass is 31.1. The molecule has 180 valence electrons. The Morgan fingerprint density at radius 2 is 0.676 bits per heavy atom. The molecule has 0 amide bonds. The van der Waals surface area contributed by atoms with Gasteiger partial charge in [0.1, 0.15) is 0 Å². The summed E-state index contributed by atoms with van der Waals surface area (Å²) in [6, 6.07) is 51.9. The van der Waals surface area contributed by atoms with Gasteiger partial charge in [0.25, 0.3) is 0 Å². The second kappa shape index (κ2) is 14.3. The summed E-state index contributed by atoms with van der Waals surface area (Å²) in [5.41, 5.74) is 2.05. The molecule has 5 aromatic carbocycles. The van der Waals surface area contributed by atoms with E-state index in [1.165, 1.54) is 15.9 Å². The number of ketones is 1. The summed E-state index contributed by atoms with van der Waals surface area (Å²) in [4.78, 5) is 11.6. The van der Waals surface area contributed by atoms with Crippen LogP contribution in [0.2, 0.25) is 0 Å². The lowest BCUT2D eigenvalue weighted by molar-refractivity contribution is -0.110. The van der Waals surface area contributed by atoms with Crippen molar-refractivity contribution in [1.82, 2.24) is 0 Å². The van der Waals surface area contributed by atoms with Gasteiger partial charge in [-0.15, -0.1) is 0 Å². The van der Waals surface area contributed by atoms with Crippen LogP contribution in [0.3, 0.4) is 0 Å². The molecular weight excluding hydrogens is 467 g/mol. The molecule has 0 aliphatic heterocycles. The molecule has 0 saturated heterocycles. The van der Waals surface area contributed by atoms with Crippen LogP contribution in [0.15, 0.2) is 164 Å². The Labute approximate surface area is 221 Å². The predicted molar refractivity (Wildman–Crippen MR) is 161 cm³/mol. The normalized spacial score (nSPS) is 10.8. The van der Waals surface area contributed by atoms with Gasteiger partial charge in [-0.25, -0.2) is 0 Å². The molecule has 0 spiro atoms. The molecule has 37 heavy (non-hydrogen) atoms. The van der Waals surface area contributed by atoms with Crippen molar-refractivity contribution < 1.29 is 4.79 Å². The Morgan fingerprint density at radius 3 is 0.973 bits per heavy atom. The average molecular weight is 497 g/mol. The maximum absolute atomic E-state index is 11.6. The van der Waals surface area contributed by atoms with Crippen LogP contribution in [-0.4, -0.2) is 5.78 Å². The molecule has 0 N–H and O–H groups in total. The first-order chi connectivity index (χ1) is 18.3. The Kier molecular flexibility index (Phi) is 9.95. The summed E-state index contributed by atoms with van der Waals surface area (Å²) in [6.07, 6.45) is 6.79. The van der Waals surface area contributed by atoms with E-state index in [9.17, 15) is 4.79 Å². The van der Waals surface area contributed by atoms with E-state index in [0.717, 1.165) is 11.1 Å². The molecule has 0 bridgehead atoms. The third-order valence-electron chi connectivity index (χ3n) is 5.52. The fraction of sp³-hybridized carbons (Fsp3) is 0. The van der Waals surface area contributed by atoms with E-state index < -0.39 is 7.92 Å².